The van der Waals surface area contributed by atoms with Crippen LogP contribution in [0.15, 0.2) is 48.5 Å². The van der Waals surface area contributed by atoms with E-state index in [4.69, 9.17) is 9.84 Å². The average Bonchev–Trinajstić information content (AvgIpc) is 3.57. The quantitative estimate of drug-likeness (QED) is 0.439. The van der Waals surface area contributed by atoms with E-state index >= 15 is 0 Å². The molecule has 174 valence electrons. The van der Waals surface area contributed by atoms with Gasteiger partial charge in [0.1, 0.15) is 18.7 Å². The second-order valence-corrected chi connectivity index (χ2v) is 8.61. The minimum absolute atomic E-state index is 0.0974. The predicted molar refractivity (Wildman–Crippen MR) is 121 cm³/mol. The number of aliphatic hydroxyl groups excluding tert-OH is 1. The molecule has 0 heterocycles. The number of aliphatic hydroxyl groups is 1. The predicted octanol–water partition coefficient (Wildman–Crippen LogP) is 2.65. The van der Waals surface area contributed by atoms with E-state index in [0.29, 0.717) is 12.3 Å². The molecule has 8 heteroatoms. The van der Waals surface area contributed by atoms with Crippen molar-refractivity contribution in [3.63, 3.8) is 0 Å². The molecule has 0 aliphatic heterocycles. The summed E-state index contributed by atoms with van der Waals surface area (Å²) in [5, 5.41) is 23.3. The number of alkyl carbamates (subject to hydrolysis) is 1. The number of amides is 2. The van der Waals surface area contributed by atoms with Crippen LogP contribution in [-0.2, 0) is 14.3 Å². The third-order valence-electron chi connectivity index (χ3n) is 6.25. The van der Waals surface area contributed by atoms with Crippen molar-refractivity contribution in [1.29, 1.82) is 0 Å². The minimum Gasteiger partial charge on any atom is -0.480 e. The van der Waals surface area contributed by atoms with Crippen molar-refractivity contribution in [3.8, 4) is 11.1 Å². The van der Waals surface area contributed by atoms with Crippen LogP contribution >= 0.6 is 0 Å². The normalized spacial score (nSPS) is 16.3. The summed E-state index contributed by atoms with van der Waals surface area (Å²) in [6.45, 7) is -0.246. The van der Waals surface area contributed by atoms with Gasteiger partial charge in [0, 0.05) is 18.9 Å². The van der Waals surface area contributed by atoms with E-state index in [9.17, 15) is 19.5 Å². The molecule has 4 N–H and O–H groups in total. The molecule has 2 aliphatic rings. The lowest BCUT2D eigenvalue weighted by atomic mass is 9.98. The van der Waals surface area contributed by atoms with Crippen molar-refractivity contribution in [2.24, 2.45) is 5.92 Å². The van der Waals surface area contributed by atoms with Crippen LogP contribution in [0.2, 0.25) is 0 Å². The maximum Gasteiger partial charge on any atom is 0.407 e. The van der Waals surface area contributed by atoms with Gasteiger partial charge in [-0.25, -0.2) is 9.59 Å². The smallest absolute Gasteiger partial charge is 0.407 e. The molecule has 2 aromatic carbocycles. The lowest BCUT2D eigenvalue weighted by Crippen LogP contribution is -2.52. The fraction of sp³-hybridized carbons (Fsp3) is 0.400. The van der Waals surface area contributed by atoms with Gasteiger partial charge in [0.05, 0.1) is 0 Å². The van der Waals surface area contributed by atoms with Crippen LogP contribution in [0, 0.1) is 5.92 Å². The molecule has 1 fully saturated rings. The molecule has 4 rings (SSSR count). The van der Waals surface area contributed by atoms with Gasteiger partial charge in [0.15, 0.2) is 0 Å². The van der Waals surface area contributed by atoms with Gasteiger partial charge in [0.25, 0.3) is 0 Å². The van der Waals surface area contributed by atoms with Crippen molar-refractivity contribution >= 4 is 18.0 Å². The van der Waals surface area contributed by atoms with Gasteiger partial charge in [-0.1, -0.05) is 61.4 Å². The van der Waals surface area contributed by atoms with Gasteiger partial charge >= 0.3 is 12.1 Å². The Labute approximate surface area is 192 Å². The topological polar surface area (TPSA) is 125 Å². The molecule has 2 aliphatic carbocycles. The van der Waals surface area contributed by atoms with E-state index in [0.717, 1.165) is 35.1 Å². The molecular formula is C25H28N2O6. The lowest BCUT2D eigenvalue weighted by Gasteiger charge is -2.21. The van der Waals surface area contributed by atoms with Crippen LogP contribution in [0.1, 0.15) is 42.7 Å². The molecule has 2 aromatic rings. The summed E-state index contributed by atoms with van der Waals surface area (Å²) in [4.78, 5) is 36.6. The van der Waals surface area contributed by atoms with Crippen molar-refractivity contribution in [1.82, 2.24) is 10.6 Å². The zero-order chi connectivity index (χ0) is 23.4. The first-order valence-electron chi connectivity index (χ1n) is 11.2. The maximum absolute atomic E-state index is 12.7. The van der Waals surface area contributed by atoms with Crippen LogP contribution in [-0.4, -0.2) is 53.5 Å². The van der Waals surface area contributed by atoms with Gasteiger partial charge in [0.2, 0.25) is 5.91 Å². The largest absolute Gasteiger partial charge is 0.480 e. The molecule has 33 heavy (non-hydrogen) atoms. The number of carbonyl (C=O) groups excluding carboxylic acids is 2. The molecular weight excluding hydrogens is 424 g/mol. The van der Waals surface area contributed by atoms with Gasteiger partial charge in [-0.2, -0.15) is 0 Å². The Morgan fingerprint density at radius 3 is 2.09 bits per heavy atom. The van der Waals surface area contributed by atoms with Crippen LogP contribution in [0.25, 0.3) is 11.1 Å². The Morgan fingerprint density at radius 1 is 0.939 bits per heavy atom. The molecule has 0 radical (unpaired) electrons. The number of carbonyl (C=O) groups is 3. The number of nitrogens with one attached hydrogen (secondary N) is 2. The number of aliphatic carboxylic acids is 1. The van der Waals surface area contributed by atoms with E-state index in [-0.39, 0.29) is 25.6 Å². The van der Waals surface area contributed by atoms with Crippen LogP contribution in [0.3, 0.4) is 0 Å². The second-order valence-electron chi connectivity index (χ2n) is 8.61. The molecule has 0 bridgehead atoms. The summed E-state index contributed by atoms with van der Waals surface area (Å²) in [6.07, 6.45) is 1.53. The molecule has 2 atom stereocenters. The molecule has 2 amide bonds. The standard InChI is InChI=1S/C25H28N2O6/c28-12-11-21(24(30)31)26-23(29)22(13-15-9-10-15)27-25(32)33-14-20-18-7-3-1-5-16(18)17-6-2-4-8-19(17)20/h1-8,15,20-22,28H,9-14H2,(H,26,29)(H,27,32)(H,30,31)/t21-,22-/m0/s1. The highest BCUT2D eigenvalue weighted by molar-refractivity contribution is 5.89. The van der Waals surface area contributed by atoms with Gasteiger partial charge < -0.3 is 25.6 Å². The fourth-order valence-electron chi connectivity index (χ4n) is 4.36. The number of carboxylic acid groups (broad SMARTS) is 1. The molecule has 1 saturated carbocycles. The number of hydrogen-bond acceptors (Lipinski definition) is 5. The molecule has 8 nitrogen and oxygen atoms in total. The summed E-state index contributed by atoms with van der Waals surface area (Å²) >= 11 is 0. The van der Waals surface area contributed by atoms with Crippen LogP contribution in [0.5, 0.6) is 0 Å². The monoisotopic (exact) mass is 452 g/mol. The highest BCUT2D eigenvalue weighted by atomic mass is 16.5. The first-order chi connectivity index (χ1) is 16.0. The zero-order valence-corrected chi connectivity index (χ0v) is 18.2. The SMILES string of the molecule is O=C(N[C@@H](CC1CC1)C(=O)N[C@@H](CCO)C(=O)O)OCC1c2ccccc2-c2ccccc21. The Balaban J connectivity index is 1.40. The maximum atomic E-state index is 12.7. The van der Waals surface area contributed by atoms with E-state index in [1.54, 1.807) is 0 Å². The van der Waals surface area contributed by atoms with Gasteiger partial charge in [-0.15, -0.1) is 0 Å². The molecule has 0 aromatic heterocycles. The average molecular weight is 453 g/mol. The molecule has 0 unspecified atom stereocenters. The first-order valence-corrected chi connectivity index (χ1v) is 11.2. The molecule has 0 spiro atoms. The van der Waals surface area contributed by atoms with E-state index in [2.05, 4.69) is 22.8 Å². The second kappa shape index (κ2) is 10.0. The van der Waals surface area contributed by atoms with Crippen LogP contribution < -0.4 is 10.6 Å². The van der Waals surface area contributed by atoms with Crippen molar-refractivity contribution in [2.45, 2.75) is 43.7 Å². The summed E-state index contributed by atoms with van der Waals surface area (Å²) in [6, 6.07) is 13.9. The Bertz CT molecular complexity index is 990. The Kier molecular flexibility index (Phi) is 6.93. The Hall–Kier alpha value is -3.39. The van der Waals surface area contributed by atoms with E-state index < -0.39 is 30.1 Å². The van der Waals surface area contributed by atoms with Gasteiger partial charge in [-0.3, -0.25) is 4.79 Å². The van der Waals surface area contributed by atoms with Crippen molar-refractivity contribution in [3.05, 3.63) is 59.7 Å². The van der Waals surface area contributed by atoms with Crippen molar-refractivity contribution < 1.29 is 29.3 Å². The summed E-state index contributed by atoms with van der Waals surface area (Å²) in [7, 11) is 0. The highest BCUT2D eigenvalue weighted by Crippen LogP contribution is 2.44. The summed E-state index contributed by atoms with van der Waals surface area (Å²) < 4.78 is 5.54. The fourth-order valence-corrected chi connectivity index (χ4v) is 4.36. The minimum atomic E-state index is -1.23. The first kappa shape index (κ1) is 22.8. The number of rotatable bonds is 10. The highest BCUT2D eigenvalue weighted by Gasteiger charge is 2.33. The third-order valence-corrected chi connectivity index (χ3v) is 6.25. The van der Waals surface area contributed by atoms with Gasteiger partial charge in [-0.05, 0) is 34.6 Å². The summed E-state index contributed by atoms with van der Waals surface area (Å²) in [5.74, 6) is -1.60. The van der Waals surface area contributed by atoms with Crippen molar-refractivity contribution in [2.75, 3.05) is 13.2 Å². The van der Waals surface area contributed by atoms with E-state index in [1.807, 2.05) is 36.4 Å². The zero-order valence-electron chi connectivity index (χ0n) is 18.2. The number of ether oxygens (including phenoxy) is 1. The number of hydrogen-bond donors (Lipinski definition) is 4. The molecule has 0 saturated heterocycles. The Morgan fingerprint density at radius 2 is 1.55 bits per heavy atom. The number of fused-ring (bicyclic) bond motifs is 3. The summed E-state index contributed by atoms with van der Waals surface area (Å²) in [5.41, 5.74) is 4.42. The third kappa shape index (κ3) is 5.34. The van der Waals surface area contributed by atoms with E-state index in [1.165, 1.54) is 0 Å². The lowest BCUT2D eigenvalue weighted by molar-refractivity contribution is -0.142. The number of carboxylic acids is 1. The van der Waals surface area contributed by atoms with Crippen LogP contribution in [0.4, 0.5) is 4.79 Å². The number of benzene rings is 2.